The lowest BCUT2D eigenvalue weighted by Gasteiger charge is -2.51. The minimum atomic E-state index is -2.39. The van der Waals surface area contributed by atoms with Crippen molar-refractivity contribution in [2.24, 2.45) is 0 Å². The third-order valence-corrected chi connectivity index (χ3v) is 17.6. The molecule has 37 heavy (non-hydrogen) atoms. The van der Waals surface area contributed by atoms with E-state index in [9.17, 15) is 9.90 Å². The number of hydrogen-bond donors (Lipinski definition) is 2. The van der Waals surface area contributed by atoms with Gasteiger partial charge in [0.1, 0.15) is 17.2 Å². The van der Waals surface area contributed by atoms with Crippen LogP contribution in [0.25, 0.3) is 0 Å². The Bertz CT molecular complexity index is 985. The zero-order valence-electron chi connectivity index (χ0n) is 24.3. The molecular weight excluding hydrogens is 502 g/mol. The molecule has 9 heteroatoms. The molecule has 1 heterocycles. The first-order valence-corrected chi connectivity index (χ1v) is 19.0. The fourth-order valence-corrected chi connectivity index (χ4v) is 6.36. The maximum Gasteiger partial charge on any atom is 0.308 e. The normalized spacial score (nSPS) is 28.8. The van der Waals surface area contributed by atoms with E-state index in [0.29, 0.717) is 6.61 Å². The van der Waals surface area contributed by atoms with Gasteiger partial charge in [-0.05, 0) is 41.8 Å². The van der Waals surface area contributed by atoms with Crippen LogP contribution in [0.2, 0.25) is 36.3 Å². The van der Waals surface area contributed by atoms with Gasteiger partial charge in [-0.25, -0.2) is 0 Å². The molecule has 2 N–H and O–H groups in total. The van der Waals surface area contributed by atoms with Crippen molar-refractivity contribution >= 4 is 22.6 Å². The molecule has 1 aliphatic heterocycles. The van der Waals surface area contributed by atoms with Crippen LogP contribution in [-0.4, -0.2) is 57.7 Å². The Kier molecular flexibility index (Phi) is 8.43. The van der Waals surface area contributed by atoms with Gasteiger partial charge in [0, 0.05) is 0 Å². The first-order valence-electron chi connectivity index (χ1n) is 13.2. The number of esters is 1. The van der Waals surface area contributed by atoms with Gasteiger partial charge in [0.2, 0.25) is 0 Å². The second-order valence-electron chi connectivity index (χ2n) is 13.7. The summed E-state index contributed by atoms with van der Waals surface area (Å²) in [7, 11) is -4.56. The number of carbonyl (C=O) groups is 1. The van der Waals surface area contributed by atoms with Crippen LogP contribution in [0.4, 0.5) is 0 Å². The highest BCUT2D eigenvalue weighted by atomic mass is 28.4. The van der Waals surface area contributed by atoms with Crippen molar-refractivity contribution < 1.29 is 28.3 Å². The molecule has 3 rings (SSSR count). The fraction of sp³-hybridized carbons (Fsp3) is 0.679. The molecule has 0 bridgehead atoms. The monoisotopic (exact) mass is 549 g/mol. The largest absolute Gasteiger partial charge is 0.457 e. The third-order valence-electron chi connectivity index (χ3n) is 8.68. The molecule has 0 aromatic heterocycles. The van der Waals surface area contributed by atoms with Crippen LogP contribution in [0.15, 0.2) is 42.5 Å². The lowest BCUT2D eigenvalue weighted by molar-refractivity contribution is -0.165. The number of nitrogens with one attached hydrogen (secondary N) is 1. The average molecular weight is 550 g/mol. The standard InChI is InChI=1S/C28H47NO6Si2/c1-25(2,3)36(7,8)33-20-28(31)17-16-27(29-32-19-21-14-12-11-13-15-21)18-22(30)34-23(27)24(28)35-37(9,10)26(4,5)6/h11-17,23-24,29,31H,18-20H2,1-10H3/t23-,24+,27+,28-/m1/s1. The molecule has 0 amide bonds. The summed E-state index contributed by atoms with van der Waals surface area (Å²) < 4.78 is 19.3. The summed E-state index contributed by atoms with van der Waals surface area (Å²) in [5, 5.41) is 12.0. The van der Waals surface area contributed by atoms with Gasteiger partial charge in [0.05, 0.1) is 19.6 Å². The van der Waals surface area contributed by atoms with Crippen molar-refractivity contribution in [3.63, 3.8) is 0 Å². The van der Waals surface area contributed by atoms with Crippen LogP contribution in [0, 0.1) is 0 Å². The van der Waals surface area contributed by atoms with Gasteiger partial charge in [0.15, 0.2) is 22.7 Å². The van der Waals surface area contributed by atoms with E-state index in [1.54, 1.807) is 6.08 Å². The predicted molar refractivity (Wildman–Crippen MR) is 151 cm³/mol. The lowest BCUT2D eigenvalue weighted by atomic mass is 9.76. The molecule has 208 valence electrons. The van der Waals surface area contributed by atoms with Gasteiger partial charge in [0.25, 0.3) is 0 Å². The predicted octanol–water partition coefficient (Wildman–Crippen LogP) is 5.48. The summed E-state index contributed by atoms with van der Waals surface area (Å²) in [6.45, 7) is 21.9. The highest BCUT2D eigenvalue weighted by Crippen LogP contribution is 2.46. The van der Waals surface area contributed by atoms with Crippen LogP contribution in [0.3, 0.4) is 0 Å². The van der Waals surface area contributed by atoms with E-state index in [2.05, 4.69) is 73.2 Å². The number of rotatable bonds is 9. The summed E-state index contributed by atoms with van der Waals surface area (Å²) in [5.74, 6) is -0.358. The fourth-order valence-electron chi connectivity index (χ4n) is 4.02. The molecule has 1 saturated heterocycles. The van der Waals surface area contributed by atoms with E-state index < -0.39 is 40.0 Å². The van der Waals surface area contributed by atoms with Crippen LogP contribution in [0.5, 0.6) is 0 Å². The second kappa shape index (κ2) is 10.3. The number of aliphatic hydroxyl groups is 1. The number of carbonyl (C=O) groups excluding carboxylic acids is 1. The molecule has 1 fully saturated rings. The van der Waals surface area contributed by atoms with Gasteiger partial charge in [-0.3, -0.25) is 9.63 Å². The van der Waals surface area contributed by atoms with Crippen LogP contribution in [0.1, 0.15) is 53.5 Å². The maximum atomic E-state index is 12.7. The van der Waals surface area contributed by atoms with Crippen molar-refractivity contribution in [2.45, 2.75) is 114 Å². The van der Waals surface area contributed by atoms with Crippen molar-refractivity contribution in [2.75, 3.05) is 6.61 Å². The van der Waals surface area contributed by atoms with E-state index in [1.165, 1.54) is 0 Å². The highest BCUT2D eigenvalue weighted by Gasteiger charge is 2.62. The Morgan fingerprint density at radius 2 is 1.59 bits per heavy atom. The molecule has 0 spiro atoms. The quantitative estimate of drug-likeness (QED) is 0.183. The molecule has 1 aromatic carbocycles. The van der Waals surface area contributed by atoms with Gasteiger partial charge in [-0.15, -0.1) is 0 Å². The van der Waals surface area contributed by atoms with Crippen molar-refractivity contribution in [3.8, 4) is 0 Å². The summed E-state index contributed by atoms with van der Waals surface area (Å²) >= 11 is 0. The zero-order valence-corrected chi connectivity index (χ0v) is 26.3. The molecule has 0 radical (unpaired) electrons. The van der Waals surface area contributed by atoms with Crippen molar-refractivity contribution in [1.29, 1.82) is 0 Å². The van der Waals surface area contributed by atoms with E-state index in [0.717, 1.165) is 5.56 Å². The first-order chi connectivity index (χ1) is 16.8. The summed E-state index contributed by atoms with van der Waals surface area (Å²) in [4.78, 5) is 18.6. The topological polar surface area (TPSA) is 86.2 Å². The van der Waals surface area contributed by atoms with Gasteiger partial charge in [-0.1, -0.05) is 84.0 Å². The van der Waals surface area contributed by atoms with Crippen LogP contribution < -0.4 is 5.48 Å². The van der Waals surface area contributed by atoms with E-state index in [1.807, 2.05) is 36.4 Å². The number of fused-ring (bicyclic) bond motifs is 1. The Morgan fingerprint density at radius 1 is 1.00 bits per heavy atom. The zero-order chi connectivity index (χ0) is 27.9. The number of ether oxygens (including phenoxy) is 1. The highest BCUT2D eigenvalue weighted by molar-refractivity contribution is 6.74. The van der Waals surface area contributed by atoms with Crippen LogP contribution >= 0.6 is 0 Å². The number of hydroxylamine groups is 1. The summed E-state index contributed by atoms with van der Waals surface area (Å²) in [6.07, 6.45) is 2.04. The maximum absolute atomic E-state index is 12.7. The third kappa shape index (κ3) is 6.46. The lowest BCUT2D eigenvalue weighted by Crippen LogP contribution is -2.68. The molecular formula is C28H47NO6Si2. The minimum absolute atomic E-state index is 0.0199. The van der Waals surface area contributed by atoms with Gasteiger partial charge in [-0.2, -0.15) is 5.48 Å². The number of hydrogen-bond acceptors (Lipinski definition) is 7. The Hall–Kier alpha value is -1.34. The Labute approximate surface area is 225 Å². The summed E-state index contributed by atoms with van der Waals surface area (Å²) in [5.41, 5.74) is 1.70. The molecule has 0 unspecified atom stereocenters. The van der Waals surface area contributed by atoms with E-state index >= 15 is 0 Å². The van der Waals surface area contributed by atoms with E-state index in [4.69, 9.17) is 18.4 Å². The van der Waals surface area contributed by atoms with Crippen molar-refractivity contribution in [3.05, 3.63) is 48.0 Å². The van der Waals surface area contributed by atoms with Crippen molar-refractivity contribution in [1.82, 2.24) is 5.48 Å². The molecule has 1 aromatic rings. The Balaban J connectivity index is 1.95. The summed E-state index contributed by atoms with van der Waals surface area (Å²) in [6, 6.07) is 9.81. The molecule has 7 nitrogen and oxygen atoms in total. The second-order valence-corrected chi connectivity index (χ2v) is 23.2. The molecule has 1 aliphatic carbocycles. The first kappa shape index (κ1) is 30.2. The average Bonchev–Trinajstić information content (AvgIpc) is 3.10. The molecule has 4 atom stereocenters. The minimum Gasteiger partial charge on any atom is -0.457 e. The van der Waals surface area contributed by atoms with E-state index in [-0.39, 0.29) is 29.1 Å². The van der Waals surface area contributed by atoms with Gasteiger partial charge < -0.3 is 18.7 Å². The Morgan fingerprint density at radius 3 is 2.16 bits per heavy atom. The van der Waals surface area contributed by atoms with Gasteiger partial charge >= 0.3 is 5.97 Å². The SMILES string of the molecule is CC(C)(C)[Si](C)(C)OC[C@]1(O)C=C[C@]2(NOCc3ccccc3)CC(=O)O[C@@H]2[C@@H]1O[Si](C)(C)C(C)(C)C. The smallest absolute Gasteiger partial charge is 0.308 e. The van der Waals surface area contributed by atoms with Crippen LogP contribution in [-0.2, 0) is 29.8 Å². The molecule has 2 aliphatic rings. The molecule has 0 saturated carbocycles. The number of benzene rings is 1.